The number of hydrogen-bond donors (Lipinski definition) is 2. The monoisotopic (exact) mass is 267 g/mol. The Labute approximate surface area is 116 Å². The van der Waals surface area contributed by atoms with E-state index in [-0.39, 0.29) is 11.6 Å². The van der Waals surface area contributed by atoms with Crippen LogP contribution in [0.1, 0.15) is 16.1 Å². The van der Waals surface area contributed by atoms with Crippen molar-refractivity contribution in [3.8, 4) is 6.07 Å². The number of nitrogens with zero attached hydrogens (tertiary/aromatic N) is 3. The molecule has 6 heteroatoms. The second-order valence-electron chi connectivity index (χ2n) is 4.08. The standard InChI is InChI=1S/C14H13N5O/c1-19(11-7-5-10(9-15)6-8-11)14(20)12-3-2-4-13(17-12)18-16/h2-8H,16H2,1H3,(H,17,18). The van der Waals surface area contributed by atoms with E-state index in [1.807, 2.05) is 6.07 Å². The molecule has 3 N–H and O–H groups in total. The molecule has 6 nitrogen and oxygen atoms in total. The fourth-order valence-electron chi connectivity index (χ4n) is 1.68. The lowest BCUT2D eigenvalue weighted by molar-refractivity contribution is 0.0988. The molecule has 0 unspecified atom stereocenters. The van der Waals surface area contributed by atoms with Crippen LogP contribution in [0.3, 0.4) is 0 Å². The van der Waals surface area contributed by atoms with Crippen molar-refractivity contribution >= 4 is 17.4 Å². The molecule has 0 aliphatic carbocycles. The highest BCUT2D eigenvalue weighted by molar-refractivity contribution is 6.04. The van der Waals surface area contributed by atoms with Gasteiger partial charge in [-0.1, -0.05) is 6.07 Å². The summed E-state index contributed by atoms with van der Waals surface area (Å²) >= 11 is 0. The third kappa shape index (κ3) is 2.74. The molecule has 0 aliphatic rings. The van der Waals surface area contributed by atoms with E-state index in [0.29, 0.717) is 17.1 Å². The van der Waals surface area contributed by atoms with Crippen LogP contribution in [0.5, 0.6) is 0 Å². The first-order valence-corrected chi connectivity index (χ1v) is 5.87. The van der Waals surface area contributed by atoms with Crippen LogP contribution in [0.25, 0.3) is 0 Å². The number of pyridine rings is 1. The number of nitriles is 1. The third-order valence-corrected chi connectivity index (χ3v) is 2.80. The van der Waals surface area contributed by atoms with Crippen LogP contribution in [-0.4, -0.2) is 17.9 Å². The fourth-order valence-corrected chi connectivity index (χ4v) is 1.68. The molecule has 0 bridgehead atoms. The minimum absolute atomic E-state index is 0.258. The van der Waals surface area contributed by atoms with Crippen molar-refractivity contribution in [3.63, 3.8) is 0 Å². The van der Waals surface area contributed by atoms with Gasteiger partial charge in [-0.3, -0.25) is 4.79 Å². The van der Waals surface area contributed by atoms with Gasteiger partial charge in [0.05, 0.1) is 11.6 Å². The number of aromatic nitrogens is 1. The molecular weight excluding hydrogens is 254 g/mol. The summed E-state index contributed by atoms with van der Waals surface area (Å²) in [6.07, 6.45) is 0. The van der Waals surface area contributed by atoms with E-state index in [0.717, 1.165) is 0 Å². The largest absolute Gasteiger partial charge is 0.310 e. The summed E-state index contributed by atoms with van der Waals surface area (Å²) in [6.45, 7) is 0. The first-order chi connectivity index (χ1) is 9.65. The molecule has 1 heterocycles. The maximum atomic E-state index is 12.3. The number of nitrogens with two attached hydrogens (primary N) is 1. The first kappa shape index (κ1) is 13.5. The van der Waals surface area contributed by atoms with E-state index < -0.39 is 0 Å². The molecule has 0 aliphatic heterocycles. The highest BCUT2D eigenvalue weighted by Crippen LogP contribution is 2.16. The predicted molar refractivity (Wildman–Crippen MR) is 75.9 cm³/mol. The highest BCUT2D eigenvalue weighted by Gasteiger charge is 2.15. The van der Waals surface area contributed by atoms with Crippen molar-refractivity contribution in [1.29, 1.82) is 5.26 Å². The third-order valence-electron chi connectivity index (χ3n) is 2.80. The number of benzene rings is 1. The van der Waals surface area contributed by atoms with Crippen LogP contribution < -0.4 is 16.2 Å². The van der Waals surface area contributed by atoms with Crippen LogP contribution in [0.4, 0.5) is 11.5 Å². The number of amides is 1. The molecule has 1 amide bonds. The van der Waals surface area contributed by atoms with Crippen LogP contribution >= 0.6 is 0 Å². The average molecular weight is 267 g/mol. The lowest BCUT2D eigenvalue weighted by Gasteiger charge is -2.17. The molecule has 1 aromatic heterocycles. The summed E-state index contributed by atoms with van der Waals surface area (Å²) in [4.78, 5) is 17.9. The average Bonchev–Trinajstić information content (AvgIpc) is 2.53. The number of hydrogen-bond acceptors (Lipinski definition) is 5. The number of carbonyl (C=O) groups is 1. The molecule has 2 rings (SSSR count). The lowest BCUT2D eigenvalue weighted by atomic mass is 10.2. The van der Waals surface area contributed by atoms with Crippen LogP contribution in [0.2, 0.25) is 0 Å². The van der Waals surface area contributed by atoms with E-state index >= 15 is 0 Å². The quantitative estimate of drug-likeness (QED) is 0.649. The number of nitrogen functional groups attached to an aromatic ring is 1. The second kappa shape index (κ2) is 5.82. The van der Waals surface area contributed by atoms with E-state index in [1.165, 1.54) is 4.90 Å². The molecule has 100 valence electrons. The van der Waals surface area contributed by atoms with Crippen molar-refractivity contribution < 1.29 is 4.79 Å². The summed E-state index contributed by atoms with van der Waals surface area (Å²) in [5.74, 6) is 5.43. The molecule has 0 saturated carbocycles. The lowest BCUT2D eigenvalue weighted by Crippen LogP contribution is -2.27. The minimum Gasteiger partial charge on any atom is -0.310 e. The Hall–Kier alpha value is -2.91. The normalized spacial score (nSPS) is 9.65. The van der Waals surface area contributed by atoms with Gasteiger partial charge >= 0.3 is 0 Å². The molecule has 2 aromatic rings. The van der Waals surface area contributed by atoms with Crippen LogP contribution in [0, 0.1) is 11.3 Å². The predicted octanol–water partition coefficient (Wildman–Crippen LogP) is 1.52. The van der Waals surface area contributed by atoms with E-state index in [1.54, 1.807) is 49.5 Å². The zero-order valence-electron chi connectivity index (χ0n) is 10.9. The van der Waals surface area contributed by atoms with Gasteiger partial charge in [0.1, 0.15) is 11.5 Å². The van der Waals surface area contributed by atoms with Gasteiger partial charge in [-0.2, -0.15) is 5.26 Å². The SMILES string of the molecule is CN(C(=O)c1cccc(NN)n1)c1ccc(C#N)cc1. The van der Waals surface area contributed by atoms with Gasteiger partial charge in [0.2, 0.25) is 0 Å². The summed E-state index contributed by atoms with van der Waals surface area (Å²) < 4.78 is 0. The Morgan fingerprint density at radius 3 is 2.60 bits per heavy atom. The van der Waals surface area contributed by atoms with Gasteiger partial charge in [-0.15, -0.1) is 0 Å². The molecule has 0 atom stereocenters. The van der Waals surface area contributed by atoms with Crippen molar-refractivity contribution in [3.05, 3.63) is 53.7 Å². The summed E-state index contributed by atoms with van der Waals surface area (Å²) in [7, 11) is 1.65. The van der Waals surface area contributed by atoms with Crippen LogP contribution in [0.15, 0.2) is 42.5 Å². The molecule has 0 fully saturated rings. The Morgan fingerprint density at radius 1 is 1.30 bits per heavy atom. The Morgan fingerprint density at radius 2 is 2.00 bits per heavy atom. The van der Waals surface area contributed by atoms with Crippen molar-refractivity contribution in [2.75, 3.05) is 17.4 Å². The second-order valence-corrected chi connectivity index (χ2v) is 4.08. The molecule has 0 radical (unpaired) electrons. The number of hydrazine groups is 1. The zero-order valence-corrected chi connectivity index (χ0v) is 10.9. The number of carbonyl (C=O) groups excluding carboxylic acids is 1. The smallest absolute Gasteiger partial charge is 0.276 e. The number of anilines is 2. The van der Waals surface area contributed by atoms with Gasteiger partial charge in [-0.05, 0) is 36.4 Å². The van der Waals surface area contributed by atoms with Gasteiger partial charge in [0.15, 0.2) is 0 Å². The van der Waals surface area contributed by atoms with Crippen LogP contribution in [-0.2, 0) is 0 Å². The molecule has 1 aromatic carbocycles. The highest BCUT2D eigenvalue weighted by atomic mass is 16.2. The van der Waals surface area contributed by atoms with E-state index in [4.69, 9.17) is 11.1 Å². The summed E-state index contributed by atoms with van der Waals surface area (Å²) in [6, 6.07) is 13.7. The van der Waals surface area contributed by atoms with Gasteiger partial charge in [0, 0.05) is 12.7 Å². The summed E-state index contributed by atoms with van der Waals surface area (Å²) in [5, 5.41) is 8.75. The molecule has 20 heavy (non-hydrogen) atoms. The Kier molecular flexibility index (Phi) is 3.93. The van der Waals surface area contributed by atoms with E-state index in [9.17, 15) is 4.79 Å². The van der Waals surface area contributed by atoms with Gasteiger partial charge < -0.3 is 10.3 Å². The Bertz CT molecular complexity index is 660. The van der Waals surface area contributed by atoms with Gasteiger partial charge in [-0.25, -0.2) is 10.8 Å². The molecule has 0 spiro atoms. The van der Waals surface area contributed by atoms with Gasteiger partial charge in [0.25, 0.3) is 5.91 Å². The van der Waals surface area contributed by atoms with Crippen molar-refractivity contribution in [2.45, 2.75) is 0 Å². The van der Waals surface area contributed by atoms with Crippen molar-refractivity contribution in [2.24, 2.45) is 5.84 Å². The maximum absolute atomic E-state index is 12.3. The molecule has 0 saturated heterocycles. The Balaban J connectivity index is 2.25. The minimum atomic E-state index is -0.258. The zero-order chi connectivity index (χ0) is 14.5. The first-order valence-electron chi connectivity index (χ1n) is 5.87. The number of rotatable bonds is 3. The topological polar surface area (TPSA) is 95.0 Å². The summed E-state index contributed by atoms with van der Waals surface area (Å²) in [5.41, 5.74) is 3.91. The van der Waals surface area contributed by atoms with Crippen molar-refractivity contribution in [1.82, 2.24) is 4.98 Å². The molecular formula is C14H13N5O. The fraction of sp³-hybridized carbons (Fsp3) is 0.0714. The number of nitrogens with one attached hydrogen (secondary N) is 1. The maximum Gasteiger partial charge on any atom is 0.276 e. The van der Waals surface area contributed by atoms with E-state index in [2.05, 4.69) is 10.4 Å².